The average Bonchev–Trinajstić information content (AvgIpc) is 3.22. The number of hydrogen-bond acceptors (Lipinski definition) is 3. The summed E-state index contributed by atoms with van der Waals surface area (Å²) in [4.78, 5) is 20.8. The van der Waals surface area contributed by atoms with Crippen LogP contribution >= 0.6 is 35.6 Å². The molecular formula is C23H31ClIN5O. The standard InChI is InChI=1S/C23H30ClN5O.HI/c1-25-23(26-13-11-22(30)28(2)16-18-7-4-3-5-8-18)27-20-12-14-29(17-20)21-10-6-9-19(24)15-21;/h3-10,15,20H,11-14,16-17H2,1-2H3,(H2,25,26,27);1H. The summed E-state index contributed by atoms with van der Waals surface area (Å²) in [6.45, 7) is 3.02. The van der Waals surface area contributed by atoms with Crippen LogP contribution in [0.25, 0.3) is 0 Å². The Hall–Kier alpha value is -2.00. The minimum absolute atomic E-state index is 0. The van der Waals surface area contributed by atoms with Crippen molar-refractivity contribution in [1.82, 2.24) is 15.5 Å². The van der Waals surface area contributed by atoms with Gasteiger partial charge < -0.3 is 20.4 Å². The Morgan fingerprint density at radius 1 is 1.23 bits per heavy atom. The number of aliphatic imine (C=N–C) groups is 1. The van der Waals surface area contributed by atoms with Gasteiger partial charge in [0.05, 0.1) is 0 Å². The minimum atomic E-state index is 0. The van der Waals surface area contributed by atoms with Crippen LogP contribution in [0.4, 0.5) is 5.69 Å². The smallest absolute Gasteiger partial charge is 0.224 e. The molecule has 168 valence electrons. The largest absolute Gasteiger partial charge is 0.369 e. The summed E-state index contributed by atoms with van der Waals surface area (Å²) in [6, 6.07) is 18.3. The maximum absolute atomic E-state index is 12.4. The summed E-state index contributed by atoms with van der Waals surface area (Å²) in [6.07, 6.45) is 1.44. The zero-order valence-corrected chi connectivity index (χ0v) is 21.1. The number of nitrogens with one attached hydrogen (secondary N) is 2. The SMILES string of the molecule is CN=C(NCCC(=O)N(C)Cc1ccccc1)NC1CCN(c2cccc(Cl)c2)C1.I. The number of benzene rings is 2. The fourth-order valence-corrected chi connectivity index (χ4v) is 3.78. The van der Waals surface area contributed by atoms with E-state index in [0.29, 0.717) is 25.6 Å². The first-order chi connectivity index (χ1) is 14.5. The number of rotatable bonds is 7. The van der Waals surface area contributed by atoms with Crippen molar-refractivity contribution in [3.8, 4) is 0 Å². The summed E-state index contributed by atoms with van der Waals surface area (Å²) in [7, 11) is 3.59. The van der Waals surface area contributed by atoms with Gasteiger partial charge in [-0.1, -0.05) is 48.0 Å². The van der Waals surface area contributed by atoms with Gasteiger partial charge in [-0.2, -0.15) is 0 Å². The molecule has 1 amide bonds. The van der Waals surface area contributed by atoms with Crippen LogP contribution in [-0.2, 0) is 11.3 Å². The number of anilines is 1. The third-order valence-electron chi connectivity index (χ3n) is 5.25. The van der Waals surface area contributed by atoms with Gasteiger partial charge in [-0.3, -0.25) is 9.79 Å². The highest BCUT2D eigenvalue weighted by Crippen LogP contribution is 2.23. The fourth-order valence-electron chi connectivity index (χ4n) is 3.60. The monoisotopic (exact) mass is 555 g/mol. The van der Waals surface area contributed by atoms with Crippen molar-refractivity contribution in [3.05, 3.63) is 65.2 Å². The van der Waals surface area contributed by atoms with E-state index in [1.165, 1.54) is 0 Å². The fraction of sp³-hybridized carbons (Fsp3) is 0.391. The Labute approximate surface area is 207 Å². The summed E-state index contributed by atoms with van der Waals surface area (Å²) in [5, 5.41) is 7.48. The van der Waals surface area contributed by atoms with Crippen molar-refractivity contribution in [1.29, 1.82) is 0 Å². The number of hydrogen-bond donors (Lipinski definition) is 2. The van der Waals surface area contributed by atoms with E-state index in [2.05, 4.69) is 26.6 Å². The molecule has 8 heteroatoms. The van der Waals surface area contributed by atoms with Crippen LogP contribution in [0.5, 0.6) is 0 Å². The Morgan fingerprint density at radius 2 is 2.00 bits per heavy atom. The van der Waals surface area contributed by atoms with Crippen LogP contribution in [0.2, 0.25) is 5.02 Å². The van der Waals surface area contributed by atoms with E-state index in [1.807, 2.05) is 55.6 Å². The molecule has 1 unspecified atom stereocenters. The average molecular weight is 556 g/mol. The lowest BCUT2D eigenvalue weighted by molar-refractivity contribution is -0.130. The molecule has 0 radical (unpaired) electrons. The van der Waals surface area contributed by atoms with Gasteiger partial charge in [0.2, 0.25) is 5.91 Å². The lowest BCUT2D eigenvalue weighted by Crippen LogP contribution is -2.45. The third kappa shape index (κ3) is 7.88. The van der Waals surface area contributed by atoms with E-state index < -0.39 is 0 Å². The molecule has 2 N–H and O–H groups in total. The Bertz CT molecular complexity index is 864. The molecular weight excluding hydrogens is 525 g/mol. The highest BCUT2D eigenvalue weighted by atomic mass is 127. The molecule has 3 rings (SSSR count). The van der Waals surface area contributed by atoms with Gasteiger partial charge in [-0.05, 0) is 30.2 Å². The number of carbonyl (C=O) groups excluding carboxylic acids is 1. The zero-order valence-electron chi connectivity index (χ0n) is 18.1. The molecule has 0 aromatic heterocycles. The molecule has 6 nitrogen and oxygen atoms in total. The Balaban J connectivity index is 0.00000341. The van der Waals surface area contributed by atoms with Gasteiger partial charge in [0, 0.05) is 63.4 Å². The first kappa shape index (κ1) is 25.3. The first-order valence-corrected chi connectivity index (χ1v) is 10.7. The van der Waals surface area contributed by atoms with E-state index >= 15 is 0 Å². The van der Waals surface area contributed by atoms with Gasteiger partial charge in [0.1, 0.15) is 0 Å². The molecule has 0 saturated carbocycles. The molecule has 0 spiro atoms. The number of halogens is 2. The van der Waals surface area contributed by atoms with Crippen LogP contribution in [0.1, 0.15) is 18.4 Å². The Kier molecular flexibility index (Phi) is 10.4. The summed E-state index contributed by atoms with van der Waals surface area (Å²) < 4.78 is 0. The predicted octanol–water partition coefficient (Wildman–Crippen LogP) is 3.75. The minimum Gasteiger partial charge on any atom is -0.369 e. The molecule has 2 aromatic rings. The lowest BCUT2D eigenvalue weighted by Gasteiger charge is -2.21. The molecule has 0 aliphatic carbocycles. The summed E-state index contributed by atoms with van der Waals surface area (Å²) in [5.74, 6) is 0.835. The maximum Gasteiger partial charge on any atom is 0.224 e. The van der Waals surface area contributed by atoms with Crippen LogP contribution in [-0.4, -0.2) is 56.5 Å². The normalized spacial score (nSPS) is 15.9. The number of guanidine groups is 1. The molecule has 1 saturated heterocycles. The van der Waals surface area contributed by atoms with Crippen molar-refractivity contribution in [2.75, 3.05) is 38.6 Å². The quantitative estimate of drug-likeness (QED) is 0.310. The van der Waals surface area contributed by atoms with Crippen molar-refractivity contribution in [2.45, 2.75) is 25.4 Å². The van der Waals surface area contributed by atoms with Gasteiger partial charge in [0.25, 0.3) is 0 Å². The van der Waals surface area contributed by atoms with Gasteiger partial charge >= 0.3 is 0 Å². The summed E-state index contributed by atoms with van der Waals surface area (Å²) >= 11 is 6.11. The van der Waals surface area contributed by atoms with Crippen LogP contribution in [0.15, 0.2) is 59.6 Å². The van der Waals surface area contributed by atoms with Crippen LogP contribution < -0.4 is 15.5 Å². The number of carbonyl (C=O) groups is 1. The number of amides is 1. The van der Waals surface area contributed by atoms with E-state index in [0.717, 1.165) is 41.7 Å². The van der Waals surface area contributed by atoms with E-state index in [1.54, 1.807) is 11.9 Å². The van der Waals surface area contributed by atoms with Crippen LogP contribution in [0.3, 0.4) is 0 Å². The van der Waals surface area contributed by atoms with Gasteiger partial charge in [-0.15, -0.1) is 24.0 Å². The second-order valence-corrected chi connectivity index (χ2v) is 7.98. The first-order valence-electron chi connectivity index (χ1n) is 10.3. The number of nitrogens with zero attached hydrogens (tertiary/aromatic N) is 3. The van der Waals surface area contributed by atoms with Crippen molar-refractivity contribution >= 4 is 53.1 Å². The highest BCUT2D eigenvalue weighted by Gasteiger charge is 2.23. The lowest BCUT2D eigenvalue weighted by atomic mass is 10.2. The molecule has 2 aromatic carbocycles. The van der Waals surface area contributed by atoms with E-state index in [-0.39, 0.29) is 29.9 Å². The van der Waals surface area contributed by atoms with Crippen LogP contribution in [0, 0.1) is 0 Å². The molecule has 0 bridgehead atoms. The van der Waals surface area contributed by atoms with Crippen molar-refractivity contribution < 1.29 is 4.79 Å². The second-order valence-electron chi connectivity index (χ2n) is 7.54. The predicted molar refractivity (Wildman–Crippen MR) is 140 cm³/mol. The summed E-state index contributed by atoms with van der Waals surface area (Å²) in [5.41, 5.74) is 2.27. The van der Waals surface area contributed by atoms with Crippen molar-refractivity contribution in [3.63, 3.8) is 0 Å². The van der Waals surface area contributed by atoms with Gasteiger partial charge in [-0.25, -0.2) is 0 Å². The highest BCUT2D eigenvalue weighted by molar-refractivity contribution is 14.0. The molecule has 1 heterocycles. The molecule has 1 aliphatic heterocycles. The maximum atomic E-state index is 12.4. The molecule has 1 aliphatic rings. The molecule has 1 atom stereocenters. The second kappa shape index (κ2) is 12.8. The Morgan fingerprint density at radius 3 is 2.71 bits per heavy atom. The zero-order chi connectivity index (χ0) is 21.3. The van der Waals surface area contributed by atoms with E-state index in [4.69, 9.17) is 11.6 Å². The third-order valence-corrected chi connectivity index (χ3v) is 5.48. The molecule has 1 fully saturated rings. The van der Waals surface area contributed by atoms with Gasteiger partial charge in [0.15, 0.2) is 5.96 Å². The molecule has 31 heavy (non-hydrogen) atoms. The van der Waals surface area contributed by atoms with E-state index in [9.17, 15) is 4.79 Å². The topological polar surface area (TPSA) is 60.0 Å². The van der Waals surface area contributed by atoms with Crippen molar-refractivity contribution in [2.24, 2.45) is 4.99 Å².